The average molecular weight is 275 g/mol. The second kappa shape index (κ2) is 3.20. The van der Waals surface area contributed by atoms with Crippen molar-refractivity contribution < 1.29 is 4.74 Å². The monoisotopic (exact) mass is 275 g/mol. The Bertz CT molecular complexity index is 297. The SMILES string of the molecule is Cc1cnc(I)cc1OC1CC1. The van der Waals surface area contributed by atoms with Crippen molar-refractivity contribution in [2.45, 2.75) is 25.9 Å². The van der Waals surface area contributed by atoms with E-state index in [4.69, 9.17) is 4.74 Å². The molecule has 0 atom stereocenters. The van der Waals surface area contributed by atoms with Gasteiger partial charge in [-0.25, -0.2) is 4.98 Å². The number of ether oxygens (including phenoxy) is 1. The quantitative estimate of drug-likeness (QED) is 0.611. The standard InChI is InChI=1S/C9H10INO/c1-6-5-11-9(10)4-8(6)12-7-2-3-7/h4-5,7H,2-3H2,1H3. The second-order valence-electron chi connectivity index (χ2n) is 3.09. The molecule has 1 saturated carbocycles. The summed E-state index contributed by atoms with van der Waals surface area (Å²) in [5.41, 5.74) is 1.13. The molecule has 2 nitrogen and oxygen atoms in total. The molecule has 0 aromatic carbocycles. The lowest BCUT2D eigenvalue weighted by molar-refractivity contribution is 0.300. The zero-order valence-corrected chi connectivity index (χ0v) is 9.04. The Morgan fingerprint density at radius 1 is 1.58 bits per heavy atom. The van der Waals surface area contributed by atoms with Crippen LogP contribution in [0.25, 0.3) is 0 Å². The van der Waals surface area contributed by atoms with Crippen molar-refractivity contribution in [2.75, 3.05) is 0 Å². The van der Waals surface area contributed by atoms with Crippen molar-refractivity contribution in [2.24, 2.45) is 0 Å². The fourth-order valence-electron chi connectivity index (χ4n) is 0.974. The number of aromatic nitrogens is 1. The number of rotatable bonds is 2. The first-order chi connectivity index (χ1) is 5.75. The molecule has 12 heavy (non-hydrogen) atoms. The van der Waals surface area contributed by atoms with E-state index in [0.717, 1.165) is 15.0 Å². The maximum atomic E-state index is 5.69. The van der Waals surface area contributed by atoms with Crippen molar-refractivity contribution in [3.8, 4) is 5.75 Å². The molecule has 2 rings (SSSR count). The van der Waals surface area contributed by atoms with Crippen molar-refractivity contribution in [1.29, 1.82) is 0 Å². The van der Waals surface area contributed by atoms with Gasteiger partial charge in [-0.3, -0.25) is 0 Å². The average Bonchev–Trinajstić information content (AvgIpc) is 2.81. The van der Waals surface area contributed by atoms with Crippen LogP contribution in [0.4, 0.5) is 0 Å². The minimum absolute atomic E-state index is 0.474. The Labute approximate surface area is 85.5 Å². The van der Waals surface area contributed by atoms with Gasteiger partial charge in [-0.1, -0.05) is 0 Å². The van der Waals surface area contributed by atoms with Gasteiger partial charge in [0.15, 0.2) is 0 Å². The summed E-state index contributed by atoms with van der Waals surface area (Å²) in [4.78, 5) is 4.17. The van der Waals surface area contributed by atoms with E-state index in [1.165, 1.54) is 12.8 Å². The van der Waals surface area contributed by atoms with E-state index in [9.17, 15) is 0 Å². The van der Waals surface area contributed by atoms with Gasteiger partial charge in [0.1, 0.15) is 9.45 Å². The molecule has 0 radical (unpaired) electrons. The van der Waals surface area contributed by atoms with Crippen LogP contribution in [-0.4, -0.2) is 11.1 Å². The van der Waals surface area contributed by atoms with Gasteiger partial charge in [0.25, 0.3) is 0 Å². The van der Waals surface area contributed by atoms with Crippen LogP contribution in [0, 0.1) is 10.6 Å². The third-order valence-electron chi connectivity index (χ3n) is 1.84. The first-order valence-electron chi connectivity index (χ1n) is 4.04. The van der Waals surface area contributed by atoms with Crippen molar-refractivity contribution >= 4 is 22.6 Å². The summed E-state index contributed by atoms with van der Waals surface area (Å²) in [7, 11) is 0. The van der Waals surface area contributed by atoms with Gasteiger partial charge in [0.05, 0.1) is 6.10 Å². The zero-order valence-electron chi connectivity index (χ0n) is 6.88. The molecule has 0 spiro atoms. The maximum Gasteiger partial charge on any atom is 0.126 e. The Kier molecular flexibility index (Phi) is 2.21. The summed E-state index contributed by atoms with van der Waals surface area (Å²) in [5, 5.41) is 0. The van der Waals surface area contributed by atoms with Crippen molar-refractivity contribution in [3.05, 3.63) is 21.5 Å². The molecule has 1 aromatic heterocycles. The number of halogens is 1. The van der Waals surface area contributed by atoms with E-state index in [-0.39, 0.29) is 0 Å². The maximum absolute atomic E-state index is 5.69. The molecule has 0 bridgehead atoms. The molecule has 1 heterocycles. The summed E-state index contributed by atoms with van der Waals surface area (Å²) in [6, 6.07) is 1.99. The first kappa shape index (κ1) is 8.29. The molecule has 0 unspecified atom stereocenters. The molecular formula is C9H10INO. The van der Waals surface area contributed by atoms with Gasteiger partial charge < -0.3 is 4.74 Å². The van der Waals surface area contributed by atoms with Crippen LogP contribution < -0.4 is 4.74 Å². The number of hydrogen-bond donors (Lipinski definition) is 0. The predicted octanol–water partition coefficient (Wildman–Crippen LogP) is 2.54. The van der Waals surface area contributed by atoms with Gasteiger partial charge in [0.2, 0.25) is 0 Å². The van der Waals surface area contributed by atoms with Crippen LogP contribution in [0.15, 0.2) is 12.3 Å². The molecular weight excluding hydrogens is 265 g/mol. The fraction of sp³-hybridized carbons (Fsp3) is 0.444. The van der Waals surface area contributed by atoms with Gasteiger partial charge in [-0.05, 0) is 42.4 Å². The lowest BCUT2D eigenvalue weighted by Crippen LogP contribution is -1.98. The lowest BCUT2D eigenvalue weighted by atomic mass is 10.3. The second-order valence-corrected chi connectivity index (χ2v) is 4.19. The number of nitrogens with zero attached hydrogens (tertiary/aromatic N) is 1. The van der Waals surface area contributed by atoms with Crippen LogP contribution in [0.1, 0.15) is 18.4 Å². The molecule has 1 fully saturated rings. The molecule has 1 aromatic rings. The molecule has 0 amide bonds. The molecule has 0 aliphatic heterocycles. The number of pyridine rings is 1. The topological polar surface area (TPSA) is 22.1 Å². The highest BCUT2D eigenvalue weighted by molar-refractivity contribution is 14.1. The van der Waals surface area contributed by atoms with Crippen LogP contribution in [-0.2, 0) is 0 Å². The summed E-state index contributed by atoms with van der Waals surface area (Å²) in [6.45, 7) is 2.03. The van der Waals surface area contributed by atoms with Crippen molar-refractivity contribution in [3.63, 3.8) is 0 Å². The largest absolute Gasteiger partial charge is 0.490 e. The van der Waals surface area contributed by atoms with Crippen LogP contribution in [0.3, 0.4) is 0 Å². The van der Waals surface area contributed by atoms with E-state index < -0.39 is 0 Å². The van der Waals surface area contributed by atoms with E-state index >= 15 is 0 Å². The molecule has 0 N–H and O–H groups in total. The smallest absolute Gasteiger partial charge is 0.126 e. The van der Waals surface area contributed by atoms with E-state index in [2.05, 4.69) is 27.6 Å². The summed E-state index contributed by atoms with van der Waals surface area (Å²) in [6.07, 6.45) is 4.75. The molecule has 1 aliphatic carbocycles. The third kappa shape index (κ3) is 1.88. The highest BCUT2D eigenvalue weighted by atomic mass is 127. The Morgan fingerprint density at radius 2 is 2.33 bits per heavy atom. The Morgan fingerprint density at radius 3 is 3.00 bits per heavy atom. The minimum atomic E-state index is 0.474. The molecule has 3 heteroatoms. The fourth-order valence-corrected chi connectivity index (χ4v) is 1.40. The van der Waals surface area contributed by atoms with Gasteiger partial charge in [0, 0.05) is 17.8 Å². The summed E-state index contributed by atoms with van der Waals surface area (Å²) >= 11 is 2.20. The van der Waals surface area contributed by atoms with Crippen LogP contribution in [0.5, 0.6) is 5.75 Å². The number of hydrogen-bond acceptors (Lipinski definition) is 2. The Hall–Kier alpha value is -0.320. The molecule has 64 valence electrons. The molecule has 1 aliphatic rings. The van der Waals surface area contributed by atoms with Crippen LogP contribution in [0.2, 0.25) is 0 Å². The normalized spacial score (nSPS) is 16.2. The van der Waals surface area contributed by atoms with Gasteiger partial charge in [-0.2, -0.15) is 0 Å². The summed E-state index contributed by atoms with van der Waals surface area (Å²) < 4.78 is 6.69. The highest BCUT2D eigenvalue weighted by Gasteiger charge is 2.24. The van der Waals surface area contributed by atoms with E-state index in [0.29, 0.717) is 6.10 Å². The highest BCUT2D eigenvalue weighted by Crippen LogP contribution is 2.29. The first-order valence-corrected chi connectivity index (χ1v) is 5.12. The molecule has 0 saturated heterocycles. The minimum Gasteiger partial charge on any atom is -0.490 e. The van der Waals surface area contributed by atoms with E-state index in [1.54, 1.807) is 0 Å². The van der Waals surface area contributed by atoms with E-state index in [1.807, 2.05) is 19.2 Å². The third-order valence-corrected chi connectivity index (χ3v) is 2.43. The predicted molar refractivity (Wildman–Crippen MR) is 55.3 cm³/mol. The Balaban J connectivity index is 2.21. The lowest BCUT2D eigenvalue weighted by Gasteiger charge is -2.06. The van der Waals surface area contributed by atoms with Crippen LogP contribution >= 0.6 is 22.6 Å². The van der Waals surface area contributed by atoms with Crippen molar-refractivity contribution in [1.82, 2.24) is 4.98 Å². The van der Waals surface area contributed by atoms with Gasteiger partial charge in [-0.15, -0.1) is 0 Å². The zero-order chi connectivity index (χ0) is 8.55. The number of aryl methyl sites for hydroxylation is 1. The summed E-state index contributed by atoms with van der Waals surface area (Å²) in [5.74, 6) is 0.997. The van der Waals surface area contributed by atoms with Gasteiger partial charge >= 0.3 is 0 Å².